The molecule has 0 spiro atoms. The van der Waals surface area contributed by atoms with E-state index in [1.54, 1.807) is 6.07 Å². The molecule has 2 atom stereocenters. The monoisotopic (exact) mass is 568 g/mol. The molecule has 4 aromatic carbocycles. The van der Waals surface area contributed by atoms with Gasteiger partial charge < -0.3 is 5.32 Å². The number of hydrogen-bond acceptors (Lipinski definition) is 4. The molecular formula is C39H44N4. The van der Waals surface area contributed by atoms with Gasteiger partial charge in [-0.15, -0.1) is 0 Å². The topological polar surface area (TPSA) is 83.4 Å². The summed E-state index contributed by atoms with van der Waals surface area (Å²) >= 11 is 0. The van der Waals surface area contributed by atoms with Crippen LogP contribution in [0.15, 0.2) is 97.1 Å². The number of nitrogens with one attached hydrogen (secondary N) is 1. The molecular weight excluding hydrogens is 524 g/mol. The van der Waals surface area contributed by atoms with Crippen LogP contribution in [0, 0.1) is 46.3 Å². The second-order valence-electron chi connectivity index (χ2n) is 10.6. The third-order valence-corrected chi connectivity index (χ3v) is 7.21. The molecule has 0 radical (unpaired) electrons. The first-order valence-corrected chi connectivity index (χ1v) is 15.1. The molecule has 1 N–H and O–H groups in total. The maximum absolute atomic E-state index is 10.1. The molecule has 0 bridgehead atoms. The van der Waals surface area contributed by atoms with Gasteiger partial charge in [-0.25, -0.2) is 0 Å². The van der Waals surface area contributed by atoms with Crippen molar-refractivity contribution in [3.8, 4) is 29.3 Å². The molecule has 0 saturated carbocycles. The van der Waals surface area contributed by atoms with Crippen molar-refractivity contribution in [2.45, 2.75) is 66.8 Å². The van der Waals surface area contributed by atoms with Crippen LogP contribution in [0.1, 0.15) is 86.9 Å². The van der Waals surface area contributed by atoms with Crippen LogP contribution in [0.2, 0.25) is 0 Å². The molecule has 220 valence electrons. The molecule has 0 aliphatic rings. The van der Waals surface area contributed by atoms with Crippen LogP contribution in [0.3, 0.4) is 0 Å². The van der Waals surface area contributed by atoms with Crippen molar-refractivity contribution < 1.29 is 0 Å². The van der Waals surface area contributed by atoms with Gasteiger partial charge in [-0.3, -0.25) is 0 Å². The van der Waals surface area contributed by atoms with Crippen LogP contribution >= 0.6 is 0 Å². The second-order valence-corrected chi connectivity index (χ2v) is 10.6. The second kappa shape index (κ2) is 17.3. The molecule has 4 aromatic rings. The summed E-state index contributed by atoms with van der Waals surface area (Å²) in [5.41, 5.74) is 7.10. The molecule has 43 heavy (non-hydrogen) atoms. The Balaban J connectivity index is 0.00000155. The molecule has 4 rings (SSSR count). The fourth-order valence-electron chi connectivity index (χ4n) is 4.96. The average Bonchev–Trinajstić information content (AvgIpc) is 3.07. The Hall–Kier alpha value is -4.69. The molecule has 0 aliphatic heterocycles. The van der Waals surface area contributed by atoms with Gasteiger partial charge in [0.05, 0.1) is 40.8 Å². The average molecular weight is 569 g/mol. The van der Waals surface area contributed by atoms with Gasteiger partial charge in [0.1, 0.15) is 0 Å². The Kier molecular flexibility index (Phi) is 13.9. The van der Waals surface area contributed by atoms with Crippen molar-refractivity contribution >= 4 is 0 Å². The smallest absolute Gasteiger partial charge is 0.0991 e. The third kappa shape index (κ3) is 9.68. The minimum atomic E-state index is -0.684. The van der Waals surface area contributed by atoms with Crippen LogP contribution in [0.25, 0.3) is 11.1 Å². The molecule has 0 aromatic heterocycles. The van der Waals surface area contributed by atoms with Crippen LogP contribution in [-0.4, -0.2) is 6.54 Å². The lowest BCUT2D eigenvalue weighted by Gasteiger charge is -2.32. The van der Waals surface area contributed by atoms with Crippen molar-refractivity contribution in [2.24, 2.45) is 5.41 Å². The zero-order valence-electron chi connectivity index (χ0n) is 26.6. The third-order valence-electron chi connectivity index (χ3n) is 7.21. The summed E-state index contributed by atoms with van der Waals surface area (Å²) in [6.07, 6.45) is 0.808. The highest BCUT2D eigenvalue weighted by molar-refractivity contribution is 5.66. The summed E-state index contributed by atoms with van der Waals surface area (Å²) in [7, 11) is 0. The van der Waals surface area contributed by atoms with Crippen molar-refractivity contribution in [1.82, 2.24) is 5.32 Å². The highest BCUT2D eigenvalue weighted by Gasteiger charge is 2.31. The lowest BCUT2D eigenvalue weighted by molar-refractivity contribution is 0.317. The van der Waals surface area contributed by atoms with Gasteiger partial charge in [-0.05, 0) is 85.3 Å². The minimum Gasteiger partial charge on any atom is -0.308 e. The summed E-state index contributed by atoms with van der Waals surface area (Å²) in [6.45, 7) is 14.6. The standard InChI is InChI=1S/C35H32N4.2C2H6/c1-25-13-15-26(16-14-25)17-33(30-10-5-8-28(19-30)22-37)23-39-34(35(2,3)24-38)32-12-6-11-31(20-32)29-9-4-7-27(18-29)21-36;2*1-2/h4-16,18-20,33-34,39H,17,23H2,1-3H3;2*1-2H3. The largest absolute Gasteiger partial charge is 0.308 e. The Labute approximate surface area is 259 Å². The Morgan fingerprint density at radius 3 is 1.81 bits per heavy atom. The molecule has 0 fully saturated rings. The van der Waals surface area contributed by atoms with E-state index in [1.807, 2.05) is 90.1 Å². The van der Waals surface area contributed by atoms with Gasteiger partial charge in [0.25, 0.3) is 0 Å². The number of nitrogens with zero attached hydrogens (tertiary/aromatic N) is 3. The molecule has 4 nitrogen and oxygen atoms in total. The van der Waals surface area contributed by atoms with Gasteiger partial charge in [0.15, 0.2) is 0 Å². The highest BCUT2D eigenvalue weighted by atomic mass is 14.9. The van der Waals surface area contributed by atoms with Gasteiger partial charge >= 0.3 is 0 Å². The summed E-state index contributed by atoms with van der Waals surface area (Å²) in [4.78, 5) is 0. The number of hydrogen-bond donors (Lipinski definition) is 1. The quantitative estimate of drug-likeness (QED) is 0.218. The summed E-state index contributed by atoms with van der Waals surface area (Å²) < 4.78 is 0. The predicted molar refractivity (Wildman–Crippen MR) is 178 cm³/mol. The Morgan fingerprint density at radius 1 is 0.674 bits per heavy atom. The first-order chi connectivity index (χ1) is 20.8. The van der Waals surface area contributed by atoms with Crippen LogP contribution in [0.4, 0.5) is 0 Å². The first-order valence-electron chi connectivity index (χ1n) is 15.1. The number of aryl methyl sites for hydroxylation is 1. The van der Waals surface area contributed by atoms with E-state index < -0.39 is 5.41 Å². The van der Waals surface area contributed by atoms with Crippen LogP contribution < -0.4 is 5.32 Å². The predicted octanol–water partition coefficient (Wildman–Crippen LogP) is 9.66. The van der Waals surface area contributed by atoms with E-state index in [0.29, 0.717) is 17.7 Å². The van der Waals surface area contributed by atoms with Gasteiger partial charge in [0.2, 0.25) is 0 Å². The SMILES string of the molecule is CC.CC.Cc1ccc(CC(CNC(c2cccc(-c3cccc(C#N)c3)c2)C(C)(C)C#N)c2cccc(C#N)c2)cc1. The zero-order valence-corrected chi connectivity index (χ0v) is 26.6. The summed E-state index contributed by atoms with van der Waals surface area (Å²) in [5, 5.41) is 32.7. The van der Waals surface area contributed by atoms with E-state index >= 15 is 0 Å². The van der Waals surface area contributed by atoms with Crippen molar-refractivity contribution in [3.05, 3.63) is 130 Å². The molecule has 0 aliphatic carbocycles. The fraction of sp³-hybridized carbons (Fsp3) is 0.308. The first kappa shape index (κ1) is 34.5. The highest BCUT2D eigenvalue weighted by Crippen LogP contribution is 2.35. The van der Waals surface area contributed by atoms with Gasteiger partial charge in [-0.2, -0.15) is 15.8 Å². The number of benzene rings is 4. The lowest BCUT2D eigenvalue weighted by Crippen LogP contribution is -2.36. The van der Waals surface area contributed by atoms with E-state index in [0.717, 1.165) is 28.7 Å². The summed E-state index contributed by atoms with van der Waals surface area (Å²) in [5.74, 6) is 0.105. The van der Waals surface area contributed by atoms with E-state index in [1.165, 1.54) is 11.1 Å². The molecule has 0 saturated heterocycles. The minimum absolute atomic E-state index is 0.105. The van der Waals surface area contributed by atoms with Crippen molar-refractivity contribution in [1.29, 1.82) is 15.8 Å². The maximum atomic E-state index is 10.1. The molecule has 0 heterocycles. The van der Waals surface area contributed by atoms with Crippen molar-refractivity contribution in [2.75, 3.05) is 6.54 Å². The van der Waals surface area contributed by atoms with Gasteiger partial charge in [-0.1, -0.05) is 100.0 Å². The summed E-state index contributed by atoms with van der Waals surface area (Å²) in [6, 6.07) is 38.9. The molecule has 2 unspecified atom stereocenters. The lowest BCUT2D eigenvalue weighted by atomic mass is 9.80. The van der Waals surface area contributed by atoms with Crippen molar-refractivity contribution in [3.63, 3.8) is 0 Å². The van der Waals surface area contributed by atoms with Crippen LogP contribution in [-0.2, 0) is 6.42 Å². The van der Waals surface area contributed by atoms with Gasteiger partial charge in [0, 0.05) is 12.5 Å². The normalized spacial score (nSPS) is 11.6. The Morgan fingerprint density at radius 2 is 1.21 bits per heavy atom. The zero-order chi connectivity index (χ0) is 31.8. The Bertz CT molecular complexity index is 1560. The van der Waals surface area contributed by atoms with Crippen LogP contribution in [0.5, 0.6) is 0 Å². The number of nitriles is 3. The number of rotatable bonds is 9. The fourth-order valence-corrected chi connectivity index (χ4v) is 4.96. The van der Waals surface area contributed by atoms with E-state index in [-0.39, 0.29) is 12.0 Å². The maximum Gasteiger partial charge on any atom is 0.0991 e. The van der Waals surface area contributed by atoms with E-state index in [4.69, 9.17) is 0 Å². The van der Waals surface area contributed by atoms with E-state index in [9.17, 15) is 15.8 Å². The molecule has 4 heteroatoms. The molecule has 0 amide bonds. The van der Waals surface area contributed by atoms with E-state index in [2.05, 4.69) is 72.9 Å².